The second-order valence-electron chi connectivity index (χ2n) is 5.21. The van der Waals surface area contributed by atoms with Gasteiger partial charge in [-0.1, -0.05) is 26.0 Å². The van der Waals surface area contributed by atoms with E-state index in [2.05, 4.69) is 19.2 Å². The molecule has 0 bridgehead atoms. The molecule has 2 aromatic rings. The fourth-order valence-corrected chi connectivity index (χ4v) is 1.87. The number of rotatable bonds is 6. The first-order valence-corrected chi connectivity index (χ1v) is 7.12. The molecule has 1 heterocycles. The van der Waals surface area contributed by atoms with Gasteiger partial charge in [0.05, 0.1) is 18.4 Å². The third kappa shape index (κ3) is 4.48. The summed E-state index contributed by atoms with van der Waals surface area (Å²) in [5.74, 6) is 0.161. The van der Waals surface area contributed by atoms with E-state index in [9.17, 15) is 9.59 Å². The molecule has 0 aliphatic carbocycles. The summed E-state index contributed by atoms with van der Waals surface area (Å²) < 4.78 is 10.1. The number of nitrogens with one attached hydrogen (secondary N) is 1. The van der Waals surface area contributed by atoms with Crippen LogP contribution in [0.25, 0.3) is 0 Å². The quantitative estimate of drug-likeness (QED) is 0.833. The van der Waals surface area contributed by atoms with Crippen molar-refractivity contribution in [2.24, 2.45) is 0 Å². The van der Waals surface area contributed by atoms with Crippen molar-refractivity contribution in [3.05, 3.63) is 59.5 Å². The summed E-state index contributed by atoms with van der Waals surface area (Å²) in [6, 6.07) is 10.7. The predicted molar refractivity (Wildman–Crippen MR) is 81.4 cm³/mol. The standard InChI is InChI=1S/C17H19NO4/c1-12(2)13-5-7-14(8-6-13)17(20)22-11-16(19)18-10-15-4-3-9-21-15/h3-9,12H,10-11H2,1-2H3,(H,18,19). The molecule has 1 aromatic carbocycles. The van der Waals surface area contributed by atoms with Gasteiger partial charge in [-0.3, -0.25) is 4.79 Å². The first-order valence-electron chi connectivity index (χ1n) is 7.12. The van der Waals surface area contributed by atoms with Crippen LogP contribution in [-0.4, -0.2) is 18.5 Å². The number of furan rings is 1. The highest BCUT2D eigenvalue weighted by Gasteiger charge is 2.11. The summed E-state index contributed by atoms with van der Waals surface area (Å²) >= 11 is 0. The molecule has 0 radical (unpaired) electrons. The Morgan fingerprint density at radius 2 is 1.91 bits per heavy atom. The van der Waals surface area contributed by atoms with Crippen molar-refractivity contribution in [1.29, 1.82) is 0 Å². The normalized spacial score (nSPS) is 10.5. The van der Waals surface area contributed by atoms with Gasteiger partial charge in [0.15, 0.2) is 6.61 Å². The fourth-order valence-electron chi connectivity index (χ4n) is 1.87. The Kier molecular flexibility index (Phi) is 5.36. The Morgan fingerprint density at radius 3 is 2.50 bits per heavy atom. The number of amides is 1. The molecule has 1 aromatic heterocycles. The highest BCUT2D eigenvalue weighted by atomic mass is 16.5. The highest BCUT2D eigenvalue weighted by molar-refractivity contribution is 5.91. The number of hydrogen-bond acceptors (Lipinski definition) is 4. The molecule has 116 valence electrons. The van der Waals surface area contributed by atoms with Gasteiger partial charge in [0.25, 0.3) is 5.91 Å². The summed E-state index contributed by atoms with van der Waals surface area (Å²) in [5, 5.41) is 2.61. The van der Waals surface area contributed by atoms with E-state index >= 15 is 0 Å². The molecule has 0 spiro atoms. The van der Waals surface area contributed by atoms with Crippen LogP contribution in [0.2, 0.25) is 0 Å². The number of hydrogen-bond donors (Lipinski definition) is 1. The molecule has 5 heteroatoms. The van der Waals surface area contributed by atoms with Gasteiger partial charge < -0.3 is 14.5 Å². The highest BCUT2D eigenvalue weighted by Crippen LogP contribution is 2.15. The molecule has 1 N–H and O–H groups in total. The van der Waals surface area contributed by atoms with E-state index in [1.165, 1.54) is 6.26 Å². The average Bonchev–Trinajstić information content (AvgIpc) is 3.04. The predicted octanol–water partition coefficient (Wildman–Crippen LogP) is 2.88. The lowest BCUT2D eigenvalue weighted by Gasteiger charge is -2.07. The number of ether oxygens (including phenoxy) is 1. The molecule has 5 nitrogen and oxygen atoms in total. The molecule has 0 saturated carbocycles. The SMILES string of the molecule is CC(C)c1ccc(C(=O)OCC(=O)NCc2ccco2)cc1. The van der Waals surface area contributed by atoms with E-state index in [1.807, 2.05) is 12.1 Å². The van der Waals surface area contributed by atoms with Crippen LogP contribution in [0.5, 0.6) is 0 Å². The Bertz CT molecular complexity index is 615. The summed E-state index contributed by atoms with van der Waals surface area (Å²) in [6.45, 7) is 4.12. The van der Waals surface area contributed by atoms with E-state index in [-0.39, 0.29) is 19.1 Å². The van der Waals surface area contributed by atoms with Crippen molar-refractivity contribution in [1.82, 2.24) is 5.32 Å². The Labute approximate surface area is 129 Å². The summed E-state index contributed by atoms with van der Waals surface area (Å²) in [5.41, 5.74) is 1.58. The third-order valence-corrected chi connectivity index (χ3v) is 3.19. The second kappa shape index (κ2) is 7.45. The third-order valence-electron chi connectivity index (χ3n) is 3.19. The summed E-state index contributed by atoms with van der Waals surface area (Å²) in [6.07, 6.45) is 1.53. The molecule has 0 aliphatic rings. The Morgan fingerprint density at radius 1 is 1.18 bits per heavy atom. The second-order valence-corrected chi connectivity index (χ2v) is 5.21. The molecule has 22 heavy (non-hydrogen) atoms. The van der Waals surface area contributed by atoms with Crippen LogP contribution >= 0.6 is 0 Å². The van der Waals surface area contributed by atoms with Gasteiger partial charge in [0.1, 0.15) is 5.76 Å². The van der Waals surface area contributed by atoms with Crippen LogP contribution in [0, 0.1) is 0 Å². The van der Waals surface area contributed by atoms with Crippen molar-refractivity contribution in [3.63, 3.8) is 0 Å². The number of carbonyl (C=O) groups excluding carboxylic acids is 2. The maximum atomic E-state index is 11.8. The van der Waals surface area contributed by atoms with E-state index in [0.717, 1.165) is 5.56 Å². The topological polar surface area (TPSA) is 68.5 Å². The van der Waals surface area contributed by atoms with Gasteiger partial charge >= 0.3 is 5.97 Å². The first-order chi connectivity index (χ1) is 10.6. The average molecular weight is 301 g/mol. The van der Waals surface area contributed by atoms with Gasteiger partial charge in [-0.15, -0.1) is 0 Å². The van der Waals surface area contributed by atoms with Crippen LogP contribution in [-0.2, 0) is 16.1 Å². The van der Waals surface area contributed by atoms with Crippen LogP contribution in [0.3, 0.4) is 0 Å². The monoisotopic (exact) mass is 301 g/mol. The molecule has 2 rings (SSSR count). The molecule has 0 atom stereocenters. The van der Waals surface area contributed by atoms with Crippen LogP contribution < -0.4 is 5.32 Å². The lowest BCUT2D eigenvalue weighted by atomic mass is 10.0. The van der Waals surface area contributed by atoms with Crippen LogP contribution in [0.1, 0.15) is 41.4 Å². The Hall–Kier alpha value is -2.56. The minimum atomic E-state index is -0.511. The number of benzene rings is 1. The molecular weight excluding hydrogens is 282 g/mol. The van der Waals surface area contributed by atoms with Crippen molar-refractivity contribution in [2.45, 2.75) is 26.3 Å². The molecule has 0 unspecified atom stereocenters. The van der Waals surface area contributed by atoms with Gasteiger partial charge in [-0.25, -0.2) is 4.79 Å². The van der Waals surface area contributed by atoms with Gasteiger partial charge in [-0.05, 0) is 35.7 Å². The van der Waals surface area contributed by atoms with Crippen LogP contribution in [0.15, 0.2) is 47.1 Å². The maximum absolute atomic E-state index is 11.8. The zero-order valence-electron chi connectivity index (χ0n) is 12.7. The van der Waals surface area contributed by atoms with E-state index < -0.39 is 5.97 Å². The molecule has 0 saturated heterocycles. The van der Waals surface area contributed by atoms with E-state index in [0.29, 0.717) is 17.2 Å². The maximum Gasteiger partial charge on any atom is 0.338 e. The zero-order valence-corrected chi connectivity index (χ0v) is 12.7. The van der Waals surface area contributed by atoms with Crippen molar-refractivity contribution in [3.8, 4) is 0 Å². The van der Waals surface area contributed by atoms with Gasteiger partial charge in [-0.2, -0.15) is 0 Å². The fraction of sp³-hybridized carbons (Fsp3) is 0.294. The lowest BCUT2D eigenvalue weighted by Crippen LogP contribution is -2.28. The molecular formula is C17H19NO4. The Balaban J connectivity index is 1.78. The molecule has 0 fully saturated rings. The zero-order chi connectivity index (χ0) is 15.9. The lowest BCUT2D eigenvalue weighted by molar-refractivity contribution is -0.124. The largest absolute Gasteiger partial charge is 0.467 e. The minimum absolute atomic E-state index is 0.270. The van der Waals surface area contributed by atoms with Gasteiger partial charge in [0, 0.05) is 0 Å². The first kappa shape index (κ1) is 15.8. The minimum Gasteiger partial charge on any atom is -0.467 e. The molecule has 0 aliphatic heterocycles. The summed E-state index contributed by atoms with van der Waals surface area (Å²) in [4.78, 5) is 23.4. The molecule has 1 amide bonds. The van der Waals surface area contributed by atoms with Crippen molar-refractivity contribution < 1.29 is 18.7 Å². The van der Waals surface area contributed by atoms with E-state index in [4.69, 9.17) is 9.15 Å². The number of esters is 1. The smallest absolute Gasteiger partial charge is 0.338 e. The van der Waals surface area contributed by atoms with Gasteiger partial charge in [0.2, 0.25) is 0 Å². The number of carbonyl (C=O) groups is 2. The van der Waals surface area contributed by atoms with Crippen LogP contribution in [0.4, 0.5) is 0 Å². The summed E-state index contributed by atoms with van der Waals surface area (Å²) in [7, 11) is 0. The van der Waals surface area contributed by atoms with Crippen molar-refractivity contribution >= 4 is 11.9 Å². The van der Waals surface area contributed by atoms with E-state index in [1.54, 1.807) is 24.3 Å². The van der Waals surface area contributed by atoms with Crippen molar-refractivity contribution in [2.75, 3.05) is 6.61 Å².